The van der Waals surface area contributed by atoms with Gasteiger partial charge in [-0.1, -0.05) is 64.9 Å². The van der Waals surface area contributed by atoms with Crippen molar-refractivity contribution in [1.82, 2.24) is 10.0 Å². The number of nitrogens with one attached hydrogen (secondary N) is 2. The van der Waals surface area contributed by atoms with Gasteiger partial charge in [0.05, 0.1) is 31.5 Å². The number of allylic oxidation sites excluding steroid dienone is 1. The number of esters is 2. The van der Waals surface area contributed by atoms with Gasteiger partial charge in [-0.05, 0) is 63.4 Å². The highest BCUT2D eigenvalue weighted by Crippen LogP contribution is 2.45. The van der Waals surface area contributed by atoms with Crippen molar-refractivity contribution in [3.05, 3.63) is 12.2 Å². The lowest BCUT2D eigenvalue weighted by molar-refractivity contribution is -0.223. The first-order valence-corrected chi connectivity index (χ1v) is 25.6. The smallest absolute Gasteiger partial charge is 0.397 e. The van der Waals surface area contributed by atoms with Crippen molar-refractivity contribution < 1.29 is 85.3 Å². The first kappa shape index (κ1) is 54.0. The van der Waals surface area contributed by atoms with Crippen LogP contribution in [0, 0.1) is 5.92 Å². The first-order chi connectivity index (χ1) is 29.1. The number of hydrogen-bond acceptors (Lipinski definition) is 16. The molecule has 3 rings (SSSR count). The Kier molecular flexibility index (Phi) is 23.1. The molecule has 2 fully saturated rings. The van der Waals surface area contributed by atoms with Crippen LogP contribution in [-0.4, -0.2) is 125 Å². The standard InChI is InChI=1S/C38H66N2O19S3/c1-28(2)22-36(42)55-30-23-34-32-17-11-4-3-5-13-19-35(41)39-25-37(43)56-31(16-10-6-8-14-20-38(24-30,57-32)58-34)33(59-62(50,51)52)18-12-7-9-15-21-53-26-29(40-60(44,45)46)27-54-61(47,48)49/h13,19,28-34,40H,3-12,14-18,20-27H2,1-2H3,(H,39,41)(H,44,45,46)(H,47,48,49)(H,50,51,52)/b19-13+/t29?,30?,31?,32-,33?,34?,38?/m1/s1. The highest BCUT2D eigenvalue weighted by atomic mass is 32.3. The van der Waals surface area contributed by atoms with E-state index in [9.17, 15) is 44.2 Å². The van der Waals surface area contributed by atoms with Gasteiger partial charge >= 0.3 is 43.0 Å². The summed E-state index contributed by atoms with van der Waals surface area (Å²) in [5.41, 5.74) is 0. The minimum atomic E-state index is -4.99. The number of amides is 1. The number of rotatable bonds is 20. The molecule has 2 saturated heterocycles. The third kappa shape index (κ3) is 23.5. The van der Waals surface area contributed by atoms with Crippen molar-refractivity contribution in [1.29, 1.82) is 0 Å². The fraction of sp³-hybridized carbons (Fsp3) is 0.868. The summed E-state index contributed by atoms with van der Waals surface area (Å²) in [4.78, 5) is 38.0. The zero-order chi connectivity index (χ0) is 45.8. The van der Waals surface area contributed by atoms with E-state index in [0.717, 1.165) is 32.1 Å². The number of hydrogen-bond donors (Lipinski definition) is 5. The second-order valence-electron chi connectivity index (χ2n) is 16.5. The van der Waals surface area contributed by atoms with E-state index in [2.05, 4.69) is 9.50 Å². The molecule has 0 aromatic carbocycles. The Balaban J connectivity index is 1.61. The Morgan fingerprint density at radius 3 is 2.29 bits per heavy atom. The molecule has 1 spiro atoms. The summed E-state index contributed by atoms with van der Waals surface area (Å²) in [5, 5.41) is 2.48. The summed E-state index contributed by atoms with van der Waals surface area (Å²) >= 11 is 0. The average molecular weight is 951 g/mol. The molecule has 3 bridgehead atoms. The van der Waals surface area contributed by atoms with Crippen LogP contribution in [0.4, 0.5) is 0 Å². The molecule has 6 unspecified atom stereocenters. The van der Waals surface area contributed by atoms with E-state index in [-0.39, 0.29) is 49.6 Å². The van der Waals surface area contributed by atoms with Crippen LogP contribution in [0.2, 0.25) is 0 Å². The molecule has 24 heteroatoms. The van der Waals surface area contributed by atoms with Crippen molar-refractivity contribution in [2.75, 3.05) is 26.4 Å². The van der Waals surface area contributed by atoms with Crippen LogP contribution in [0.5, 0.6) is 0 Å². The van der Waals surface area contributed by atoms with Gasteiger partial charge in [0.1, 0.15) is 24.9 Å². The third-order valence-electron chi connectivity index (χ3n) is 10.4. The maximum Gasteiger partial charge on any atom is 0.397 e. The summed E-state index contributed by atoms with van der Waals surface area (Å²) in [6, 6.07) is -1.35. The number of cyclic esters (lactones) is 1. The lowest BCUT2D eigenvalue weighted by atomic mass is 9.93. The van der Waals surface area contributed by atoms with Gasteiger partial charge in [-0.25, -0.2) is 8.37 Å². The fourth-order valence-corrected chi connectivity index (χ4v) is 9.16. The van der Waals surface area contributed by atoms with Crippen molar-refractivity contribution in [3.63, 3.8) is 0 Å². The Morgan fingerprint density at radius 1 is 0.887 bits per heavy atom. The van der Waals surface area contributed by atoms with E-state index in [1.807, 2.05) is 13.8 Å². The predicted molar refractivity (Wildman–Crippen MR) is 220 cm³/mol. The minimum absolute atomic E-state index is 0.0451. The zero-order valence-corrected chi connectivity index (χ0v) is 38.0. The number of carbonyl (C=O) groups is 3. The summed E-state index contributed by atoms with van der Waals surface area (Å²) < 4.78 is 136. The second-order valence-corrected chi connectivity index (χ2v) is 19.8. The van der Waals surface area contributed by atoms with Crippen molar-refractivity contribution in [2.45, 2.75) is 178 Å². The first-order valence-electron chi connectivity index (χ1n) is 21.4. The molecular weight excluding hydrogens is 885 g/mol. The molecule has 0 aromatic rings. The van der Waals surface area contributed by atoms with Crippen molar-refractivity contribution >= 4 is 48.9 Å². The highest BCUT2D eigenvalue weighted by molar-refractivity contribution is 7.83. The molecule has 1 amide bonds. The zero-order valence-electron chi connectivity index (χ0n) is 35.6. The number of carbonyl (C=O) groups excluding carboxylic acids is 3. The lowest BCUT2D eigenvalue weighted by Gasteiger charge is -2.36. The second kappa shape index (κ2) is 26.6. The van der Waals surface area contributed by atoms with E-state index < -0.39 is 86.8 Å². The molecule has 0 aromatic heterocycles. The molecular formula is C38H66N2O19S3. The lowest BCUT2D eigenvalue weighted by Crippen LogP contribution is -2.42. The van der Waals surface area contributed by atoms with E-state index >= 15 is 0 Å². The van der Waals surface area contributed by atoms with Gasteiger partial charge in [0, 0.05) is 32.3 Å². The molecule has 0 radical (unpaired) electrons. The van der Waals surface area contributed by atoms with Crippen LogP contribution >= 0.6 is 0 Å². The van der Waals surface area contributed by atoms with Gasteiger partial charge in [0.2, 0.25) is 5.91 Å². The summed E-state index contributed by atoms with van der Waals surface area (Å²) in [5.74, 6) is -2.30. The molecule has 7 atom stereocenters. The maximum absolute atomic E-state index is 13.0. The van der Waals surface area contributed by atoms with Crippen molar-refractivity contribution in [3.8, 4) is 0 Å². The third-order valence-corrected chi connectivity index (χ3v) is 12.0. The SMILES string of the molecule is CC(C)CC(=O)OC1CC2OC3(CCCCCCC(C(CCCCCCOCC(COS(=O)(=O)O)NS(=O)(=O)O)OS(=O)(=O)O)OC(=O)CNC(=O)/C=C/CCCCC[C@H]2O3)C1. The molecule has 3 aliphatic rings. The normalized spacial score (nSPS) is 26.9. The molecule has 3 heterocycles. The fourth-order valence-electron chi connectivity index (χ4n) is 7.73. The molecule has 5 N–H and O–H groups in total. The predicted octanol–water partition coefficient (Wildman–Crippen LogP) is 3.84. The van der Waals surface area contributed by atoms with Crippen LogP contribution in [-0.2, 0) is 77.5 Å². The van der Waals surface area contributed by atoms with E-state index in [1.165, 1.54) is 6.08 Å². The highest BCUT2D eigenvalue weighted by Gasteiger charge is 2.53. The average Bonchev–Trinajstić information content (AvgIpc) is 3.40. The van der Waals surface area contributed by atoms with Gasteiger partial charge in [-0.3, -0.25) is 28.0 Å². The van der Waals surface area contributed by atoms with Gasteiger partial charge in [0.25, 0.3) is 0 Å². The van der Waals surface area contributed by atoms with Crippen LogP contribution in [0.3, 0.4) is 0 Å². The molecule has 62 heavy (non-hydrogen) atoms. The number of ether oxygens (including phenoxy) is 5. The summed E-state index contributed by atoms with van der Waals surface area (Å²) in [7, 11) is -14.6. The van der Waals surface area contributed by atoms with Crippen LogP contribution < -0.4 is 10.0 Å². The largest absolute Gasteiger partial charge is 0.462 e. The van der Waals surface area contributed by atoms with E-state index in [0.29, 0.717) is 77.0 Å². The Labute approximate surface area is 365 Å². The van der Waals surface area contributed by atoms with Crippen LogP contribution in [0.15, 0.2) is 12.2 Å². The van der Waals surface area contributed by atoms with Gasteiger partial charge in [-0.2, -0.15) is 30.0 Å². The number of fused-ring (bicyclic) bond motifs is 3. The Bertz CT molecular complexity index is 1760. The van der Waals surface area contributed by atoms with Gasteiger partial charge in [0.15, 0.2) is 5.79 Å². The maximum atomic E-state index is 13.0. The van der Waals surface area contributed by atoms with Gasteiger partial charge < -0.3 is 29.0 Å². The molecule has 0 aliphatic carbocycles. The van der Waals surface area contributed by atoms with E-state index in [1.54, 1.807) is 10.8 Å². The van der Waals surface area contributed by atoms with E-state index in [4.69, 9.17) is 37.0 Å². The summed E-state index contributed by atoms with van der Waals surface area (Å²) in [6.45, 7) is 2.23. The van der Waals surface area contributed by atoms with Crippen molar-refractivity contribution in [2.24, 2.45) is 5.92 Å². The molecule has 360 valence electrons. The Hall–Kier alpha value is -2.36. The van der Waals surface area contributed by atoms with Crippen LogP contribution in [0.1, 0.15) is 136 Å². The minimum Gasteiger partial charge on any atom is -0.462 e. The monoisotopic (exact) mass is 950 g/mol. The van der Waals surface area contributed by atoms with Gasteiger partial charge in [-0.15, -0.1) is 0 Å². The molecule has 21 nitrogen and oxygen atoms in total. The topological polar surface area (TPSA) is 303 Å². The molecule has 0 saturated carbocycles. The molecule has 3 aliphatic heterocycles. The Morgan fingerprint density at radius 2 is 1.58 bits per heavy atom. The summed E-state index contributed by atoms with van der Waals surface area (Å²) in [6.07, 6.45) is 10.5. The number of unbranched alkanes of at least 4 members (excludes halogenated alkanes) is 3. The quantitative estimate of drug-likeness (QED) is 0.0658. The van der Waals surface area contributed by atoms with Crippen LogP contribution in [0.25, 0.3) is 0 Å².